The van der Waals surface area contributed by atoms with Gasteiger partial charge in [-0.25, -0.2) is 4.79 Å². The van der Waals surface area contributed by atoms with Crippen LogP contribution in [-0.2, 0) is 4.74 Å². The molecule has 2 aliphatic rings. The third-order valence-electron chi connectivity index (χ3n) is 5.73. The molecular weight excluding hydrogens is 322 g/mol. The molecule has 1 N–H and O–H groups in total. The highest BCUT2D eigenvalue weighted by Gasteiger charge is 2.51. The number of hydrogen-bond donors (Lipinski definition) is 1. The van der Waals surface area contributed by atoms with E-state index in [9.17, 15) is 9.90 Å². The SMILES string of the molecule is COC(=O)N1CC[C@]2(O)CCCC[C@@H]2[C@H]1c1cc(OC)ccc1OC. The number of carbonyl (C=O) groups is 1. The highest BCUT2D eigenvalue weighted by molar-refractivity contribution is 5.69. The quantitative estimate of drug-likeness (QED) is 0.908. The normalized spacial score (nSPS) is 28.9. The van der Waals surface area contributed by atoms with Crippen LogP contribution in [0.4, 0.5) is 4.79 Å². The average Bonchev–Trinajstić information content (AvgIpc) is 2.65. The summed E-state index contributed by atoms with van der Waals surface area (Å²) in [4.78, 5) is 14.2. The maximum absolute atomic E-state index is 12.4. The highest BCUT2D eigenvalue weighted by Crippen LogP contribution is 2.51. The van der Waals surface area contributed by atoms with Gasteiger partial charge in [-0.2, -0.15) is 0 Å². The summed E-state index contributed by atoms with van der Waals surface area (Å²) in [6, 6.07) is 5.29. The van der Waals surface area contributed by atoms with E-state index in [1.807, 2.05) is 18.2 Å². The Kier molecular flexibility index (Phi) is 5.08. The van der Waals surface area contributed by atoms with Crippen LogP contribution in [0.25, 0.3) is 0 Å². The standard InChI is InChI=1S/C19H27NO5/c1-23-13-7-8-16(24-2)14(12-13)17-15-6-4-5-9-19(15,22)10-11-20(17)18(21)25-3/h7-8,12,15,17,22H,4-6,9-11H2,1-3H3/t15-,17-,19-/m1/s1. The molecule has 6 nitrogen and oxygen atoms in total. The largest absolute Gasteiger partial charge is 0.497 e. The van der Waals surface area contributed by atoms with E-state index in [-0.39, 0.29) is 18.1 Å². The summed E-state index contributed by atoms with van der Waals surface area (Å²) in [6.07, 6.45) is 3.92. The Morgan fingerprint density at radius 3 is 2.68 bits per heavy atom. The number of piperidine rings is 1. The van der Waals surface area contributed by atoms with Crippen LogP contribution >= 0.6 is 0 Å². The lowest BCUT2D eigenvalue weighted by Crippen LogP contribution is -2.56. The van der Waals surface area contributed by atoms with Gasteiger partial charge in [0, 0.05) is 18.0 Å². The van der Waals surface area contributed by atoms with Crippen molar-refractivity contribution in [3.05, 3.63) is 23.8 Å². The molecule has 6 heteroatoms. The van der Waals surface area contributed by atoms with Gasteiger partial charge < -0.3 is 24.2 Å². The number of amides is 1. The Hall–Kier alpha value is -1.95. The molecule has 0 spiro atoms. The number of benzene rings is 1. The Bertz CT molecular complexity index is 634. The molecule has 1 amide bonds. The van der Waals surface area contributed by atoms with Crippen LogP contribution in [0.15, 0.2) is 18.2 Å². The minimum absolute atomic E-state index is 0.0462. The zero-order chi connectivity index (χ0) is 18.0. The van der Waals surface area contributed by atoms with Crippen molar-refractivity contribution in [1.29, 1.82) is 0 Å². The molecule has 0 unspecified atom stereocenters. The summed E-state index contributed by atoms with van der Waals surface area (Å²) in [5.41, 5.74) is 0.110. The van der Waals surface area contributed by atoms with E-state index in [0.717, 1.165) is 31.2 Å². The summed E-state index contributed by atoms with van der Waals surface area (Å²) >= 11 is 0. The Morgan fingerprint density at radius 2 is 2.00 bits per heavy atom. The van der Waals surface area contributed by atoms with Gasteiger partial charge >= 0.3 is 6.09 Å². The van der Waals surface area contributed by atoms with Crippen molar-refractivity contribution >= 4 is 6.09 Å². The third-order valence-corrected chi connectivity index (χ3v) is 5.73. The first-order valence-corrected chi connectivity index (χ1v) is 8.83. The van der Waals surface area contributed by atoms with Gasteiger partial charge in [0.1, 0.15) is 11.5 Å². The highest BCUT2D eigenvalue weighted by atomic mass is 16.5. The van der Waals surface area contributed by atoms with Crippen LogP contribution in [0.1, 0.15) is 43.7 Å². The van der Waals surface area contributed by atoms with Crippen molar-refractivity contribution < 1.29 is 24.1 Å². The maximum atomic E-state index is 12.4. The summed E-state index contributed by atoms with van der Waals surface area (Å²) in [5, 5.41) is 11.2. The van der Waals surface area contributed by atoms with Crippen molar-refractivity contribution in [3.63, 3.8) is 0 Å². The first-order valence-electron chi connectivity index (χ1n) is 8.83. The average molecular weight is 349 g/mol. The van der Waals surface area contributed by atoms with Gasteiger partial charge in [0.25, 0.3) is 0 Å². The van der Waals surface area contributed by atoms with Crippen LogP contribution in [-0.4, -0.2) is 49.6 Å². The monoisotopic (exact) mass is 349 g/mol. The van der Waals surface area contributed by atoms with Gasteiger partial charge in [-0.05, 0) is 37.5 Å². The fourth-order valence-corrected chi connectivity index (χ4v) is 4.46. The lowest BCUT2D eigenvalue weighted by Gasteiger charge is -2.52. The molecule has 3 rings (SSSR count). The lowest BCUT2D eigenvalue weighted by atomic mass is 9.66. The van der Waals surface area contributed by atoms with E-state index < -0.39 is 5.60 Å². The minimum Gasteiger partial charge on any atom is -0.497 e. The second-order valence-corrected chi connectivity index (χ2v) is 6.92. The molecule has 2 fully saturated rings. The van der Waals surface area contributed by atoms with Gasteiger partial charge in [-0.1, -0.05) is 12.8 Å². The second-order valence-electron chi connectivity index (χ2n) is 6.92. The number of nitrogens with zero attached hydrogens (tertiary/aromatic N) is 1. The van der Waals surface area contributed by atoms with Gasteiger partial charge in [-0.15, -0.1) is 0 Å². The van der Waals surface area contributed by atoms with Crippen molar-refractivity contribution in [3.8, 4) is 11.5 Å². The Balaban J connectivity index is 2.10. The molecule has 1 aromatic carbocycles. The Labute approximate surface area is 148 Å². The zero-order valence-electron chi connectivity index (χ0n) is 15.2. The van der Waals surface area contributed by atoms with E-state index in [4.69, 9.17) is 14.2 Å². The summed E-state index contributed by atoms with van der Waals surface area (Å²) < 4.78 is 15.9. The second kappa shape index (κ2) is 7.12. The van der Waals surface area contributed by atoms with Crippen molar-refractivity contribution in [2.75, 3.05) is 27.9 Å². The number of fused-ring (bicyclic) bond motifs is 1. The van der Waals surface area contributed by atoms with Gasteiger partial charge in [0.2, 0.25) is 0 Å². The molecule has 1 heterocycles. The first-order chi connectivity index (χ1) is 12.0. The predicted molar refractivity (Wildman–Crippen MR) is 92.9 cm³/mol. The predicted octanol–water partition coefficient (Wildman–Crippen LogP) is 3.14. The number of aliphatic hydroxyl groups is 1. The summed E-state index contributed by atoms with van der Waals surface area (Å²) in [6.45, 7) is 0.463. The zero-order valence-corrected chi connectivity index (χ0v) is 15.2. The first kappa shape index (κ1) is 17.9. The molecule has 1 aliphatic heterocycles. The fourth-order valence-electron chi connectivity index (χ4n) is 4.46. The molecule has 3 atom stereocenters. The molecule has 1 saturated heterocycles. The lowest BCUT2D eigenvalue weighted by molar-refractivity contribution is -0.118. The van der Waals surface area contributed by atoms with Gasteiger partial charge in [0.05, 0.1) is 33.0 Å². The molecule has 0 radical (unpaired) electrons. The van der Waals surface area contributed by atoms with E-state index in [0.29, 0.717) is 24.5 Å². The Morgan fingerprint density at radius 1 is 1.20 bits per heavy atom. The van der Waals surface area contributed by atoms with Crippen LogP contribution in [0.5, 0.6) is 11.5 Å². The summed E-state index contributed by atoms with van der Waals surface area (Å²) in [7, 11) is 4.62. The minimum atomic E-state index is -0.748. The number of likely N-dealkylation sites (tertiary alicyclic amines) is 1. The van der Waals surface area contributed by atoms with E-state index in [2.05, 4.69) is 0 Å². The molecule has 0 aromatic heterocycles. The number of rotatable bonds is 3. The van der Waals surface area contributed by atoms with Gasteiger partial charge in [0.15, 0.2) is 0 Å². The third kappa shape index (κ3) is 3.15. The smallest absolute Gasteiger partial charge is 0.410 e. The van der Waals surface area contributed by atoms with E-state index in [1.165, 1.54) is 7.11 Å². The summed E-state index contributed by atoms with van der Waals surface area (Å²) in [5.74, 6) is 1.34. The maximum Gasteiger partial charge on any atom is 0.410 e. The molecule has 0 bridgehead atoms. The van der Waals surface area contributed by atoms with Gasteiger partial charge in [-0.3, -0.25) is 0 Å². The molecule has 1 aliphatic carbocycles. The van der Waals surface area contributed by atoms with E-state index in [1.54, 1.807) is 19.1 Å². The topological polar surface area (TPSA) is 68.2 Å². The van der Waals surface area contributed by atoms with Crippen molar-refractivity contribution in [2.45, 2.75) is 43.7 Å². The molecule has 1 aromatic rings. The van der Waals surface area contributed by atoms with E-state index >= 15 is 0 Å². The van der Waals surface area contributed by atoms with Crippen molar-refractivity contribution in [1.82, 2.24) is 4.90 Å². The van der Waals surface area contributed by atoms with Crippen molar-refractivity contribution in [2.24, 2.45) is 5.92 Å². The van der Waals surface area contributed by atoms with Crippen LogP contribution in [0.3, 0.4) is 0 Å². The van der Waals surface area contributed by atoms with Crippen LogP contribution in [0, 0.1) is 5.92 Å². The molecule has 138 valence electrons. The van der Waals surface area contributed by atoms with Crippen LogP contribution < -0.4 is 9.47 Å². The number of ether oxygens (including phenoxy) is 3. The number of hydrogen-bond acceptors (Lipinski definition) is 5. The molecule has 25 heavy (non-hydrogen) atoms. The fraction of sp³-hybridized carbons (Fsp3) is 0.632. The van der Waals surface area contributed by atoms with Crippen LogP contribution in [0.2, 0.25) is 0 Å². The molecular formula is C19H27NO5. The molecule has 1 saturated carbocycles. The number of carbonyl (C=O) groups excluding carboxylic acids is 1. The number of methoxy groups -OCH3 is 3.